The van der Waals surface area contributed by atoms with Gasteiger partial charge >= 0.3 is 23.9 Å². The van der Waals surface area contributed by atoms with Crippen LogP contribution in [0.1, 0.15) is 75.1 Å². The Hall–Kier alpha value is -4.68. The molecule has 49 heavy (non-hydrogen) atoms. The summed E-state index contributed by atoms with van der Waals surface area (Å²) in [5, 5.41) is 23.9. The van der Waals surface area contributed by atoms with Crippen LogP contribution in [0.5, 0.6) is 0 Å². The molecule has 0 radical (unpaired) electrons. The molecule has 2 N–H and O–H groups in total. The molecule has 1 aromatic heterocycles. The van der Waals surface area contributed by atoms with Gasteiger partial charge in [-0.2, -0.15) is 0 Å². The first-order valence-electron chi connectivity index (χ1n) is 15.9. The van der Waals surface area contributed by atoms with E-state index in [1.165, 1.54) is 50.5 Å². The van der Waals surface area contributed by atoms with Crippen LogP contribution in [0.15, 0.2) is 79.2 Å². The number of rotatable bonds is 6. The van der Waals surface area contributed by atoms with Gasteiger partial charge in [0.15, 0.2) is 11.4 Å². The van der Waals surface area contributed by atoms with Gasteiger partial charge in [-0.25, -0.2) is 9.59 Å². The highest BCUT2D eigenvalue weighted by Crippen LogP contribution is 2.52. The van der Waals surface area contributed by atoms with Crippen molar-refractivity contribution in [2.45, 2.75) is 90.0 Å². The van der Waals surface area contributed by atoms with E-state index in [-0.39, 0.29) is 23.1 Å². The molecule has 0 saturated heterocycles. The summed E-state index contributed by atoms with van der Waals surface area (Å²) in [5.74, 6) is -6.43. The molecule has 1 fully saturated rings. The Morgan fingerprint density at radius 2 is 1.51 bits per heavy atom. The Balaban J connectivity index is 1.88. The van der Waals surface area contributed by atoms with E-state index in [0.717, 1.165) is 6.92 Å². The number of allylic oxidation sites excluding steroid dienone is 1. The van der Waals surface area contributed by atoms with Gasteiger partial charge in [-0.3, -0.25) is 19.4 Å². The number of hydrogen-bond donors (Lipinski definition) is 2. The first-order valence-corrected chi connectivity index (χ1v) is 15.9. The molecule has 12 heteroatoms. The summed E-state index contributed by atoms with van der Waals surface area (Å²) >= 11 is 0. The zero-order chi connectivity index (χ0) is 36.3. The molecule has 1 heterocycles. The van der Waals surface area contributed by atoms with E-state index >= 15 is 0 Å². The van der Waals surface area contributed by atoms with Gasteiger partial charge < -0.3 is 29.2 Å². The number of esters is 4. The Morgan fingerprint density at radius 3 is 2.10 bits per heavy atom. The number of carbonyl (C=O) groups excluding carboxylic acids is 5. The Kier molecular flexibility index (Phi) is 10.9. The summed E-state index contributed by atoms with van der Waals surface area (Å²) in [6, 6.07) is 11.0. The van der Waals surface area contributed by atoms with Gasteiger partial charge in [0.1, 0.15) is 23.9 Å². The number of aromatic nitrogens is 1. The fourth-order valence-electron chi connectivity index (χ4n) is 6.81. The van der Waals surface area contributed by atoms with E-state index < -0.39 is 89.0 Å². The lowest BCUT2D eigenvalue weighted by Crippen LogP contribution is -2.56. The van der Waals surface area contributed by atoms with E-state index in [1.807, 2.05) is 0 Å². The van der Waals surface area contributed by atoms with Crippen molar-refractivity contribution in [1.29, 1.82) is 0 Å². The number of pyridine rings is 1. The molecule has 0 aliphatic heterocycles. The number of nitrogens with zero attached hydrogens (tertiary/aromatic N) is 1. The quantitative estimate of drug-likeness (QED) is 0.256. The van der Waals surface area contributed by atoms with Crippen LogP contribution in [0.4, 0.5) is 0 Å². The lowest BCUT2D eigenvalue weighted by Gasteiger charge is -2.41. The average Bonchev–Trinajstić information content (AvgIpc) is 3.26. The minimum atomic E-state index is -2.18. The van der Waals surface area contributed by atoms with Crippen LogP contribution in [0.3, 0.4) is 0 Å². The Labute approximate surface area is 285 Å². The Morgan fingerprint density at radius 1 is 0.898 bits per heavy atom. The number of carbonyl (C=O) groups is 5. The molecule has 0 unspecified atom stereocenters. The molecule has 2 aliphatic rings. The van der Waals surface area contributed by atoms with Crippen LogP contribution < -0.4 is 0 Å². The van der Waals surface area contributed by atoms with Crippen LogP contribution in [-0.4, -0.2) is 80.5 Å². The molecule has 2 aromatic rings. The number of ketones is 1. The number of hydrogen-bond acceptors (Lipinski definition) is 12. The average molecular weight is 678 g/mol. The zero-order valence-electron chi connectivity index (χ0n) is 28.5. The third-order valence-electron chi connectivity index (χ3n) is 9.05. The van der Waals surface area contributed by atoms with Crippen molar-refractivity contribution in [1.82, 2.24) is 4.98 Å². The largest absolute Gasteiger partial charge is 0.458 e. The molecule has 262 valence electrons. The number of Topliss-reactive ketones (excluding diaryl/α,β-unsaturated/α-hetero) is 1. The monoisotopic (exact) mass is 677 g/mol. The van der Waals surface area contributed by atoms with Crippen molar-refractivity contribution >= 4 is 29.7 Å². The first-order chi connectivity index (χ1) is 22.9. The molecular formula is C37H43NO11. The number of aliphatic hydroxyl groups excluding tert-OH is 1. The minimum absolute atomic E-state index is 0.0329. The number of benzene rings is 1. The minimum Gasteiger partial charge on any atom is -0.458 e. The van der Waals surface area contributed by atoms with Gasteiger partial charge in [-0.1, -0.05) is 57.7 Å². The second kappa shape index (κ2) is 14.4. The van der Waals surface area contributed by atoms with Gasteiger partial charge in [0.25, 0.3) is 0 Å². The summed E-state index contributed by atoms with van der Waals surface area (Å²) in [5.41, 5.74) is -5.02. The predicted molar refractivity (Wildman–Crippen MR) is 175 cm³/mol. The summed E-state index contributed by atoms with van der Waals surface area (Å²) < 4.78 is 23.3. The zero-order valence-corrected chi connectivity index (χ0v) is 28.5. The molecule has 4 rings (SSSR count). The molecule has 1 aromatic carbocycles. The maximum Gasteiger partial charge on any atom is 0.340 e. The fraction of sp³-hybridized carbons (Fsp3) is 0.459. The highest BCUT2D eigenvalue weighted by Gasteiger charge is 2.69. The number of aliphatic hydroxyl groups is 2. The maximum atomic E-state index is 14.5. The SMILES string of the molecule is C=C1C[C@@H](OC(C)=O)[C@@H](OC(=O)c2cccnc2)C(C)(C)C=C[C@H](C)C(=O)[C@@]2(OC(C)=O)C[C@@](C)(O)[C@H](OC(=O)c3ccccc3)[C@@H]2[C@H]1O. The standard InChI is InChI=1S/C37H43NO11/c1-21-15-16-35(5,6)31(47-34(44)26-14-11-17-38-19-26)27(46-23(3)39)18-22(2)29(41)28-32(48-33(43)25-12-9-8-10-13-25)36(7,45)20-37(28,30(21)42)49-24(4)40/h8-17,19,21,27-29,31-32,41,45H,2,18,20H2,1,3-7H3/t21-,27+,28-,29-,31+,32+,36+,37+/m0/s1. The third-order valence-corrected chi connectivity index (χ3v) is 9.05. The van der Waals surface area contributed by atoms with Gasteiger partial charge in [0.2, 0.25) is 0 Å². The predicted octanol–water partition coefficient (Wildman–Crippen LogP) is 3.95. The van der Waals surface area contributed by atoms with Crippen LogP contribution in [0.2, 0.25) is 0 Å². The topological polar surface area (TPSA) is 176 Å². The van der Waals surface area contributed by atoms with E-state index in [1.54, 1.807) is 51.1 Å². The molecule has 2 aliphatic carbocycles. The van der Waals surface area contributed by atoms with E-state index in [9.17, 15) is 34.2 Å². The smallest absolute Gasteiger partial charge is 0.340 e. The lowest BCUT2D eigenvalue weighted by molar-refractivity contribution is -0.178. The van der Waals surface area contributed by atoms with Gasteiger partial charge in [-0.05, 0) is 36.8 Å². The summed E-state index contributed by atoms with van der Waals surface area (Å²) in [7, 11) is 0. The molecule has 1 saturated carbocycles. The normalized spacial score (nSPS) is 31.3. The second-order valence-corrected chi connectivity index (χ2v) is 13.6. The van der Waals surface area contributed by atoms with Crippen molar-refractivity contribution in [2.24, 2.45) is 17.3 Å². The van der Waals surface area contributed by atoms with Crippen molar-refractivity contribution in [2.75, 3.05) is 0 Å². The lowest BCUT2D eigenvalue weighted by atomic mass is 9.73. The van der Waals surface area contributed by atoms with Gasteiger partial charge in [-0.15, -0.1) is 0 Å². The van der Waals surface area contributed by atoms with Crippen molar-refractivity contribution in [3.05, 3.63) is 90.3 Å². The summed E-state index contributed by atoms with van der Waals surface area (Å²) in [6.07, 6.45) is -0.612. The van der Waals surface area contributed by atoms with Crippen LogP contribution in [-0.2, 0) is 33.3 Å². The van der Waals surface area contributed by atoms with Crippen LogP contribution >= 0.6 is 0 Å². The van der Waals surface area contributed by atoms with Crippen molar-refractivity contribution < 1.29 is 53.1 Å². The maximum absolute atomic E-state index is 14.5. The highest BCUT2D eigenvalue weighted by atomic mass is 16.6. The first kappa shape index (κ1) is 37.1. The molecule has 0 bridgehead atoms. The third kappa shape index (κ3) is 7.97. The number of ether oxygens (including phenoxy) is 4. The molecule has 12 nitrogen and oxygen atoms in total. The van der Waals surface area contributed by atoms with E-state index in [4.69, 9.17) is 18.9 Å². The van der Waals surface area contributed by atoms with Gasteiger partial charge in [0.05, 0.1) is 23.1 Å². The van der Waals surface area contributed by atoms with E-state index in [0.29, 0.717) is 0 Å². The second-order valence-electron chi connectivity index (χ2n) is 13.6. The van der Waals surface area contributed by atoms with Crippen LogP contribution in [0.25, 0.3) is 0 Å². The number of fused-ring (bicyclic) bond motifs is 1. The summed E-state index contributed by atoms with van der Waals surface area (Å²) in [6.45, 7) is 12.6. The van der Waals surface area contributed by atoms with Crippen molar-refractivity contribution in [3.63, 3.8) is 0 Å². The molecular weight excluding hydrogens is 634 g/mol. The Bertz CT molecular complexity index is 1620. The highest BCUT2D eigenvalue weighted by molar-refractivity contribution is 5.94. The summed E-state index contributed by atoms with van der Waals surface area (Å²) in [4.78, 5) is 70.3. The van der Waals surface area contributed by atoms with E-state index in [2.05, 4.69) is 11.6 Å². The van der Waals surface area contributed by atoms with Crippen LogP contribution in [0, 0.1) is 17.3 Å². The van der Waals surface area contributed by atoms with Crippen molar-refractivity contribution in [3.8, 4) is 0 Å². The molecule has 0 amide bonds. The fourth-order valence-corrected chi connectivity index (χ4v) is 6.81. The molecule has 0 spiro atoms. The molecule has 8 atom stereocenters. The van der Waals surface area contributed by atoms with Gasteiger partial charge in [0, 0.05) is 50.4 Å².